The lowest BCUT2D eigenvalue weighted by Crippen LogP contribution is -2.23. The molecule has 0 radical (unpaired) electrons. The van der Waals surface area contributed by atoms with Gasteiger partial charge in [0, 0.05) is 17.9 Å². The van der Waals surface area contributed by atoms with Crippen molar-refractivity contribution in [1.29, 1.82) is 0 Å². The highest BCUT2D eigenvalue weighted by Gasteiger charge is 2.41. The Morgan fingerprint density at radius 3 is 2.74 bits per heavy atom. The number of nitrogens with zero attached hydrogens (tertiary/aromatic N) is 1. The van der Waals surface area contributed by atoms with Gasteiger partial charge in [0.1, 0.15) is 0 Å². The van der Waals surface area contributed by atoms with Gasteiger partial charge in [-0.2, -0.15) is 0 Å². The molecule has 3 atom stereocenters. The van der Waals surface area contributed by atoms with Crippen LogP contribution in [0.5, 0.6) is 0 Å². The van der Waals surface area contributed by atoms with Gasteiger partial charge in [-0.15, -0.1) is 0 Å². The van der Waals surface area contributed by atoms with Crippen LogP contribution in [0.4, 0.5) is 5.88 Å². The van der Waals surface area contributed by atoms with Crippen LogP contribution in [0.1, 0.15) is 75.0 Å². The van der Waals surface area contributed by atoms with Crippen molar-refractivity contribution >= 4 is 11.8 Å². The van der Waals surface area contributed by atoms with Crippen LogP contribution in [0.2, 0.25) is 0 Å². The highest BCUT2D eigenvalue weighted by Crippen LogP contribution is 2.40. The summed E-state index contributed by atoms with van der Waals surface area (Å²) in [5.41, 5.74) is 2.05. The largest absolute Gasteiger partial charge is 0.375 e. The van der Waals surface area contributed by atoms with Gasteiger partial charge in [0.15, 0.2) is 0 Å². The minimum absolute atomic E-state index is 0.0283. The number of rotatable bonds is 4. The Morgan fingerprint density at radius 1 is 1.22 bits per heavy atom. The number of hydrogen-bond acceptors (Lipinski definition) is 4. The number of carbonyl (C=O) groups excluding carboxylic acids is 1. The number of amides is 1. The molecule has 3 heterocycles. The molecule has 3 fully saturated rings. The molecule has 2 aliphatic heterocycles. The van der Waals surface area contributed by atoms with Crippen molar-refractivity contribution in [2.75, 3.05) is 5.32 Å². The van der Waals surface area contributed by atoms with Gasteiger partial charge in [0.25, 0.3) is 0 Å². The molecule has 1 saturated carbocycles. The van der Waals surface area contributed by atoms with Crippen molar-refractivity contribution in [1.82, 2.24) is 5.16 Å². The maximum absolute atomic E-state index is 12.3. The molecule has 1 N–H and O–H groups in total. The SMILES string of the molecule is Cc1c(C2CCCCC2)noc1NC(=O)CC1CC2CCC1O2. The molecule has 1 aromatic rings. The van der Waals surface area contributed by atoms with Gasteiger partial charge in [-0.05, 0) is 44.9 Å². The van der Waals surface area contributed by atoms with E-state index >= 15 is 0 Å². The zero-order valence-corrected chi connectivity index (χ0v) is 13.8. The third kappa shape index (κ3) is 3.03. The molecule has 126 valence electrons. The van der Waals surface area contributed by atoms with E-state index in [1.54, 1.807) is 0 Å². The van der Waals surface area contributed by atoms with Gasteiger partial charge >= 0.3 is 0 Å². The number of hydrogen-bond donors (Lipinski definition) is 1. The molecule has 4 rings (SSSR count). The van der Waals surface area contributed by atoms with Crippen molar-refractivity contribution < 1.29 is 14.1 Å². The van der Waals surface area contributed by atoms with E-state index in [9.17, 15) is 4.79 Å². The molecule has 3 unspecified atom stereocenters. The normalized spacial score (nSPS) is 30.7. The van der Waals surface area contributed by atoms with E-state index in [2.05, 4.69) is 10.5 Å². The summed E-state index contributed by atoms with van der Waals surface area (Å²) in [7, 11) is 0. The van der Waals surface area contributed by atoms with E-state index in [0.717, 1.165) is 30.5 Å². The summed E-state index contributed by atoms with van der Waals surface area (Å²) in [6, 6.07) is 0. The second-order valence-electron chi connectivity index (χ2n) is 7.48. The summed E-state index contributed by atoms with van der Waals surface area (Å²) in [5, 5.41) is 7.18. The van der Waals surface area contributed by atoms with Gasteiger partial charge in [0.2, 0.25) is 11.8 Å². The molecule has 2 bridgehead atoms. The third-order valence-corrected chi connectivity index (χ3v) is 5.88. The molecule has 1 aliphatic carbocycles. The summed E-state index contributed by atoms with van der Waals surface area (Å²) in [6.45, 7) is 2.01. The first-order valence-corrected chi connectivity index (χ1v) is 9.12. The van der Waals surface area contributed by atoms with E-state index in [1.807, 2.05) is 6.92 Å². The van der Waals surface area contributed by atoms with Crippen molar-refractivity contribution in [3.05, 3.63) is 11.3 Å². The van der Waals surface area contributed by atoms with Crippen LogP contribution in [-0.4, -0.2) is 23.3 Å². The second-order valence-corrected chi connectivity index (χ2v) is 7.48. The Labute approximate surface area is 137 Å². The van der Waals surface area contributed by atoms with Crippen molar-refractivity contribution in [2.45, 2.75) is 82.8 Å². The molecule has 2 saturated heterocycles. The topological polar surface area (TPSA) is 64.4 Å². The predicted molar refractivity (Wildman–Crippen MR) is 86.3 cm³/mol. The zero-order valence-electron chi connectivity index (χ0n) is 13.8. The molecule has 1 amide bonds. The maximum atomic E-state index is 12.3. The Bertz CT molecular complexity index is 577. The lowest BCUT2D eigenvalue weighted by Gasteiger charge is -2.19. The first kappa shape index (κ1) is 15.2. The molecule has 5 heteroatoms. The predicted octanol–water partition coefficient (Wildman–Crippen LogP) is 3.93. The highest BCUT2D eigenvalue weighted by molar-refractivity contribution is 5.90. The average Bonchev–Trinajstić information content (AvgIpc) is 3.25. The van der Waals surface area contributed by atoms with Crippen LogP contribution in [-0.2, 0) is 9.53 Å². The standard InChI is InChI=1S/C18H26N2O3/c1-11-17(12-5-3-2-4-6-12)20-23-18(11)19-16(21)10-13-9-14-7-8-15(13)22-14/h12-15H,2-10H2,1H3,(H,19,21). The first-order valence-electron chi connectivity index (χ1n) is 9.12. The number of fused-ring (bicyclic) bond motifs is 2. The quantitative estimate of drug-likeness (QED) is 0.913. The van der Waals surface area contributed by atoms with Crippen LogP contribution in [0.25, 0.3) is 0 Å². The second kappa shape index (κ2) is 6.27. The van der Waals surface area contributed by atoms with Gasteiger partial charge in [-0.1, -0.05) is 24.4 Å². The number of aromatic nitrogens is 1. The number of ether oxygens (including phenoxy) is 1. The first-order chi connectivity index (χ1) is 11.2. The van der Waals surface area contributed by atoms with Crippen molar-refractivity contribution in [2.24, 2.45) is 5.92 Å². The molecule has 23 heavy (non-hydrogen) atoms. The molecular weight excluding hydrogens is 292 g/mol. The summed E-state index contributed by atoms with van der Waals surface area (Å²) >= 11 is 0. The van der Waals surface area contributed by atoms with Crippen molar-refractivity contribution in [3.63, 3.8) is 0 Å². The van der Waals surface area contributed by atoms with Crippen LogP contribution >= 0.6 is 0 Å². The van der Waals surface area contributed by atoms with Gasteiger partial charge < -0.3 is 9.26 Å². The van der Waals surface area contributed by atoms with E-state index in [1.165, 1.54) is 32.1 Å². The minimum Gasteiger partial charge on any atom is -0.375 e. The number of anilines is 1. The van der Waals surface area contributed by atoms with E-state index in [4.69, 9.17) is 9.26 Å². The van der Waals surface area contributed by atoms with Crippen LogP contribution < -0.4 is 5.32 Å². The lowest BCUT2D eigenvalue weighted by atomic mass is 9.85. The zero-order chi connectivity index (χ0) is 15.8. The van der Waals surface area contributed by atoms with Crippen LogP contribution in [0, 0.1) is 12.8 Å². The van der Waals surface area contributed by atoms with Gasteiger partial charge in [0.05, 0.1) is 17.9 Å². The number of nitrogens with one attached hydrogen (secondary N) is 1. The molecule has 3 aliphatic rings. The average molecular weight is 318 g/mol. The fraction of sp³-hybridized carbons (Fsp3) is 0.778. The summed E-state index contributed by atoms with van der Waals surface area (Å²) < 4.78 is 11.3. The van der Waals surface area contributed by atoms with E-state index < -0.39 is 0 Å². The Kier molecular flexibility index (Phi) is 4.14. The minimum atomic E-state index is 0.0283. The maximum Gasteiger partial charge on any atom is 0.234 e. The van der Waals surface area contributed by atoms with Gasteiger partial charge in [-0.25, -0.2) is 0 Å². The Hall–Kier alpha value is -1.36. The molecule has 0 spiro atoms. The lowest BCUT2D eigenvalue weighted by molar-refractivity contribution is -0.117. The summed E-state index contributed by atoms with van der Waals surface area (Å²) in [6.07, 6.45) is 10.7. The van der Waals surface area contributed by atoms with Crippen LogP contribution in [0.3, 0.4) is 0 Å². The third-order valence-electron chi connectivity index (χ3n) is 5.88. The highest BCUT2D eigenvalue weighted by atomic mass is 16.5. The number of carbonyl (C=O) groups is 1. The molecular formula is C18H26N2O3. The summed E-state index contributed by atoms with van der Waals surface area (Å²) in [5.74, 6) is 1.44. The molecule has 5 nitrogen and oxygen atoms in total. The molecule has 0 aromatic carbocycles. The molecule has 1 aromatic heterocycles. The monoisotopic (exact) mass is 318 g/mol. The summed E-state index contributed by atoms with van der Waals surface area (Å²) in [4.78, 5) is 12.3. The Balaban J connectivity index is 1.37. The van der Waals surface area contributed by atoms with Crippen molar-refractivity contribution in [3.8, 4) is 0 Å². The van der Waals surface area contributed by atoms with Gasteiger partial charge in [-0.3, -0.25) is 10.1 Å². The fourth-order valence-corrected chi connectivity index (χ4v) is 4.60. The van der Waals surface area contributed by atoms with E-state index in [0.29, 0.717) is 36.3 Å². The van der Waals surface area contributed by atoms with E-state index in [-0.39, 0.29) is 5.91 Å². The smallest absolute Gasteiger partial charge is 0.234 e. The Morgan fingerprint density at radius 2 is 2.04 bits per heavy atom. The fourth-order valence-electron chi connectivity index (χ4n) is 4.60. The van der Waals surface area contributed by atoms with Crippen LogP contribution in [0.15, 0.2) is 4.52 Å².